The van der Waals surface area contributed by atoms with Crippen LogP contribution in [0.5, 0.6) is 0 Å². The Labute approximate surface area is 175 Å². The van der Waals surface area contributed by atoms with E-state index < -0.39 is 0 Å². The van der Waals surface area contributed by atoms with Crippen molar-refractivity contribution in [3.8, 4) is 0 Å². The largest absolute Gasteiger partial charge is 0.368 e. The lowest BCUT2D eigenvalue weighted by molar-refractivity contribution is -0.131. The van der Waals surface area contributed by atoms with Gasteiger partial charge in [-0.15, -0.1) is 0 Å². The van der Waals surface area contributed by atoms with Gasteiger partial charge in [0.1, 0.15) is 0 Å². The molecule has 0 unspecified atom stereocenters. The van der Waals surface area contributed by atoms with Gasteiger partial charge in [-0.25, -0.2) is 0 Å². The summed E-state index contributed by atoms with van der Waals surface area (Å²) in [5.74, 6) is 1.96. The van der Waals surface area contributed by atoms with Gasteiger partial charge in [-0.05, 0) is 42.3 Å². The molecular weight excluding hydrogens is 399 g/mol. The van der Waals surface area contributed by atoms with E-state index in [1.54, 1.807) is 11.8 Å². The molecule has 27 heavy (non-hydrogen) atoms. The van der Waals surface area contributed by atoms with Crippen molar-refractivity contribution in [3.63, 3.8) is 0 Å². The molecule has 0 bridgehead atoms. The number of amides is 1. The minimum atomic E-state index is 0.246. The van der Waals surface area contributed by atoms with Gasteiger partial charge in [0.2, 0.25) is 5.91 Å². The van der Waals surface area contributed by atoms with Crippen LogP contribution in [0.2, 0.25) is 10.0 Å². The number of carbonyl (C=O) groups is 1. The molecule has 1 saturated heterocycles. The highest BCUT2D eigenvalue weighted by Gasteiger charge is 2.21. The van der Waals surface area contributed by atoms with Crippen molar-refractivity contribution in [2.24, 2.45) is 0 Å². The SMILES string of the molecule is Cc1ccc(Cl)cc1N1CCN(C(=O)CCSCc2cccc(Cl)c2)CC1. The van der Waals surface area contributed by atoms with Gasteiger partial charge in [0.25, 0.3) is 0 Å². The molecule has 1 amide bonds. The van der Waals surface area contributed by atoms with Gasteiger partial charge in [0.15, 0.2) is 0 Å². The third-order valence-electron chi connectivity index (χ3n) is 4.76. The topological polar surface area (TPSA) is 23.6 Å². The van der Waals surface area contributed by atoms with Crippen LogP contribution in [-0.4, -0.2) is 42.7 Å². The third kappa shape index (κ3) is 5.81. The van der Waals surface area contributed by atoms with Crippen molar-refractivity contribution in [2.75, 3.05) is 36.8 Å². The summed E-state index contributed by atoms with van der Waals surface area (Å²) in [6, 6.07) is 13.9. The molecule has 0 radical (unpaired) electrons. The van der Waals surface area contributed by atoms with E-state index in [0.717, 1.165) is 47.7 Å². The lowest BCUT2D eigenvalue weighted by atomic mass is 10.1. The lowest BCUT2D eigenvalue weighted by Gasteiger charge is -2.37. The van der Waals surface area contributed by atoms with E-state index in [0.29, 0.717) is 6.42 Å². The number of anilines is 1. The van der Waals surface area contributed by atoms with E-state index in [1.807, 2.05) is 41.3 Å². The minimum Gasteiger partial charge on any atom is -0.368 e. The Bertz CT molecular complexity index is 792. The van der Waals surface area contributed by atoms with Gasteiger partial charge in [-0.3, -0.25) is 4.79 Å². The van der Waals surface area contributed by atoms with Crippen molar-refractivity contribution in [3.05, 3.63) is 63.6 Å². The highest BCUT2D eigenvalue weighted by molar-refractivity contribution is 7.98. The third-order valence-corrected chi connectivity index (χ3v) is 6.26. The molecule has 0 spiro atoms. The van der Waals surface area contributed by atoms with Gasteiger partial charge >= 0.3 is 0 Å². The second kappa shape index (κ2) is 9.72. The number of benzene rings is 2. The normalized spacial score (nSPS) is 14.5. The molecule has 1 aliphatic rings. The van der Waals surface area contributed by atoms with E-state index in [9.17, 15) is 4.79 Å². The molecule has 144 valence electrons. The van der Waals surface area contributed by atoms with E-state index >= 15 is 0 Å². The molecule has 0 atom stereocenters. The highest BCUT2D eigenvalue weighted by atomic mass is 35.5. The van der Waals surface area contributed by atoms with E-state index in [4.69, 9.17) is 23.2 Å². The highest BCUT2D eigenvalue weighted by Crippen LogP contribution is 2.25. The maximum atomic E-state index is 12.5. The Balaban J connectivity index is 1.41. The number of rotatable bonds is 6. The average molecular weight is 423 g/mol. The number of carbonyl (C=O) groups excluding carboxylic acids is 1. The van der Waals surface area contributed by atoms with Gasteiger partial charge in [-0.1, -0.05) is 41.4 Å². The molecule has 1 heterocycles. The standard InChI is InChI=1S/C21H24Cl2N2OS/c1-16-5-6-19(23)14-20(16)24-8-10-25(11-9-24)21(26)7-12-27-15-17-3-2-4-18(22)13-17/h2-6,13-14H,7-12,15H2,1H3. The van der Waals surface area contributed by atoms with Crippen molar-refractivity contribution in [1.82, 2.24) is 4.90 Å². The lowest BCUT2D eigenvalue weighted by Crippen LogP contribution is -2.49. The van der Waals surface area contributed by atoms with Crippen LogP contribution in [0.1, 0.15) is 17.5 Å². The van der Waals surface area contributed by atoms with E-state index in [-0.39, 0.29) is 5.91 Å². The summed E-state index contributed by atoms with van der Waals surface area (Å²) in [7, 11) is 0. The zero-order valence-electron chi connectivity index (χ0n) is 15.5. The first-order chi connectivity index (χ1) is 13.0. The first kappa shape index (κ1) is 20.4. The van der Waals surface area contributed by atoms with Gasteiger partial charge < -0.3 is 9.80 Å². The van der Waals surface area contributed by atoms with E-state index in [2.05, 4.69) is 17.9 Å². The fourth-order valence-corrected chi connectivity index (χ4v) is 4.51. The molecule has 0 saturated carbocycles. The molecule has 1 aliphatic heterocycles. The predicted molar refractivity (Wildman–Crippen MR) is 117 cm³/mol. The van der Waals surface area contributed by atoms with Gasteiger partial charge in [0.05, 0.1) is 0 Å². The number of thioether (sulfide) groups is 1. The maximum absolute atomic E-state index is 12.5. The summed E-state index contributed by atoms with van der Waals surface area (Å²) in [4.78, 5) is 16.8. The molecule has 2 aromatic carbocycles. The van der Waals surface area contributed by atoms with Crippen molar-refractivity contribution in [2.45, 2.75) is 19.1 Å². The summed E-state index contributed by atoms with van der Waals surface area (Å²) in [5.41, 5.74) is 3.59. The molecular formula is C21H24Cl2N2OS. The predicted octanol–water partition coefficient (Wildman–Crippen LogP) is 5.27. The Morgan fingerprint density at radius 2 is 1.78 bits per heavy atom. The molecule has 0 aromatic heterocycles. The van der Waals surface area contributed by atoms with Crippen molar-refractivity contribution < 1.29 is 4.79 Å². The van der Waals surface area contributed by atoms with Crippen LogP contribution >= 0.6 is 35.0 Å². The minimum absolute atomic E-state index is 0.246. The van der Waals surface area contributed by atoms with Gasteiger partial charge in [-0.2, -0.15) is 11.8 Å². The van der Waals surface area contributed by atoms with Crippen LogP contribution in [0.25, 0.3) is 0 Å². The molecule has 1 fully saturated rings. The summed E-state index contributed by atoms with van der Waals surface area (Å²) in [6.45, 7) is 5.33. The second-order valence-corrected chi connectivity index (χ2v) is 8.71. The molecule has 3 nitrogen and oxygen atoms in total. The Morgan fingerprint density at radius 1 is 1.04 bits per heavy atom. The quantitative estimate of drug-likeness (QED) is 0.591. The van der Waals surface area contributed by atoms with Crippen molar-refractivity contribution in [1.29, 1.82) is 0 Å². The summed E-state index contributed by atoms with van der Waals surface area (Å²) < 4.78 is 0. The van der Waals surface area contributed by atoms with Crippen LogP contribution in [0, 0.1) is 6.92 Å². The first-order valence-electron chi connectivity index (χ1n) is 9.14. The smallest absolute Gasteiger partial charge is 0.223 e. The molecule has 6 heteroatoms. The number of hydrogen-bond acceptors (Lipinski definition) is 3. The second-order valence-electron chi connectivity index (χ2n) is 6.73. The maximum Gasteiger partial charge on any atom is 0.223 e. The van der Waals surface area contributed by atoms with Crippen LogP contribution in [-0.2, 0) is 10.5 Å². The summed E-state index contributed by atoms with van der Waals surface area (Å²) in [6.07, 6.45) is 0.585. The summed E-state index contributed by atoms with van der Waals surface area (Å²) >= 11 is 13.9. The number of piperazine rings is 1. The first-order valence-corrected chi connectivity index (χ1v) is 11.0. The molecule has 0 aliphatic carbocycles. The Kier molecular flexibility index (Phi) is 7.33. The van der Waals surface area contributed by atoms with Crippen LogP contribution in [0.3, 0.4) is 0 Å². The zero-order valence-corrected chi connectivity index (χ0v) is 17.8. The monoisotopic (exact) mass is 422 g/mol. The van der Waals surface area contributed by atoms with Crippen LogP contribution in [0.4, 0.5) is 5.69 Å². The van der Waals surface area contributed by atoms with E-state index in [1.165, 1.54) is 16.8 Å². The molecule has 3 rings (SSSR count). The molecule has 0 N–H and O–H groups in total. The van der Waals surface area contributed by atoms with Crippen LogP contribution in [0.15, 0.2) is 42.5 Å². The van der Waals surface area contributed by atoms with Crippen molar-refractivity contribution >= 4 is 46.6 Å². The fourth-order valence-electron chi connectivity index (χ4n) is 3.25. The Hall–Kier alpha value is -1.36. The number of nitrogens with zero attached hydrogens (tertiary/aromatic N) is 2. The zero-order chi connectivity index (χ0) is 19.2. The fraction of sp³-hybridized carbons (Fsp3) is 0.381. The number of halogens is 2. The van der Waals surface area contributed by atoms with Crippen LogP contribution < -0.4 is 4.90 Å². The molecule has 2 aromatic rings. The summed E-state index contributed by atoms with van der Waals surface area (Å²) in [5, 5.41) is 1.52. The average Bonchev–Trinajstić information content (AvgIpc) is 2.67. The Morgan fingerprint density at radius 3 is 2.52 bits per heavy atom. The van der Waals surface area contributed by atoms with Gasteiger partial charge in [0, 0.05) is 59.8 Å². The number of hydrogen-bond donors (Lipinski definition) is 0. The number of aryl methyl sites for hydroxylation is 1.